The van der Waals surface area contributed by atoms with Gasteiger partial charge in [-0.25, -0.2) is 4.79 Å². The van der Waals surface area contributed by atoms with Crippen LogP contribution in [0, 0.1) is 5.92 Å². The fraction of sp³-hybridized carbons (Fsp3) is 0.606. The first-order valence-corrected chi connectivity index (χ1v) is 17.9. The highest BCUT2D eigenvalue weighted by Gasteiger charge is 2.39. The van der Waals surface area contributed by atoms with E-state index in [1.807, 2.05) is 13.2 Å². The van der Waals surface area contributed by atoms with Crippen LogP contribution in [-0.4, -0.2) is 106 Å². The second-order valence-corrected chi connectivity index (χ2v) is 13.3. The zero-order valence-electron chi connectivity index (χ0n) is 28.6. The molecule has 7 atom stereocenters. The van der Waals surface area contributed by atoms with E-state index in [1.54, 1.807) is 49.0 Å². The van der Waals surface area contributed by atoms with Gasteiger partial charge in [-0.2, -0.15) is 11.8 Å². The Balaban J connectivity index is 2.15. The third kappa shape index (κ3) is 13.0. The number of likely N-dealkylation sites (tertiary alicyclic amines) is 1. The van der Waals surface area contributed by atoms with Crippen LogP contribution in [0.4, 0.5) is 0 Å². The van der Waals surface area contributed by atoms with Gasteiger partial charge < -0.3 is 42.7 Å². The minimum absolute atomic E-state index is 0.0141. The van der Waals surface area contributed by atoms with Crippen molar-refractivity contribution in [3.8, 4) is 0 Å². The summed E-state index contributed by atoms with van der Waals surface area (Å²) in [7, 11) is 0. The number of aliphatic carboxylic acids is 1. The van der Waals surface area contributed by atoms with E-state index in [0.29, 0.717) is 43.5 Å². The minimum atomic E-state index is -1.32. The molecule has 0 bridgehead atoms. The van der Waals surface area contributed by atoms with E-state index >= 15 is 0 Å². The Morgan fingerprint density at radius 2 is 1.59 bits per heavy atom. The normalized spacial score (nSPS) is 17.8. The van der Waals surface area contributed by atoms with Gasteiger partial charge >= 0.3 is 5.97 Å². The first kappa shape index (κ1) is 41.0. The largest absolute Gasteiger partial charge is 0.480 e. The van der Waals surface area contributed by atoms with Gasteiger partial charge in [0.15, 0.2) is 0 Å². The van der Waals surface area contributed by atoms with Crippen LogP contribution < -0.4 is 32.7 Å². The first-order chi connectivity index (χ1) is 23.2. The molecule has 2 rings (SSSR count). The number of nitrogens with one attached hydrogen (secondary N) is 4. The Kier molecular flexibility index (Phi) is 17.0. The van der Waals surface area contributed by atoms with Crippen molar-refractivity contribution in [2.24, 2.45) is 17.4 Å². The van der Waals surface area contributed by atoms with Crippen molar-refractivity contribution in [2.45, 2.75) is 102 Å². The molecule has 16 heteroatoms. The average molecular weight is 706 g/mol. The number of carbonyl (C=O) groups is 7. The first-order valence-electron chi connectivity index (χ1n) is 16.5. The zero-order valence-corrected chi connectivity index (χ0v) is 29.4. The molecule has 9 N–H and O–H groups in total. The summed E-state index contributed by atoms with van der Waals surface area (Å²) in [6, 6.07) is 2.25. The zero-order chi connectivity index (χ0) is 36.7. The van der Waals surface area contributed by atoms with E-state index in [0.717, 1.165) is 0 Å². The monoisotopic (exact) mass is 705 g/mol. The molecule has 49 heavy (non-hydrogen) atoms. The van der Waals surface area contributed by atoms with E-state index in [9.17, 15) is 38.7 Å². The summed E-state index contributed by atoms with van der Waals surface area (Å²) in [5.74, 6) is -4.81. The van der Waals surface area contributed by atoms with Crippen molar-refractivity contribution in [3.05, 3.63) is 35.9 Å². The number of amides is 6. The van der Waals surface area contributed by atoms with Crippen LogP contribution in [0.15, 0.2) is 30.3 Å². The molecule has 1 fully saturated rings. The molecule has 6 amide bonds. The van der Waals surface area contributed by atoms with Gasteiger partial charge in [-0.05, 0) is 56.1 Å². The fourth-order valence-corrected chi connectivity index (χ4v) is 5.87. The van der Waals surface area contributed by atoms with Crippen LogP contribution in [0.5, 0.6) is 0 Å². The summed E-state index contributed by atoms with van der Waals surface area (Å²) < 4.78 is 0. The molecule has 0 unspecified atom stereocenters. The van der Waals surface area contributed by atoms with Crippen molar-refractivity contribution in [1.29, 1.82) is 0 Å². The Hall–Kier alpha value is -4.18. The highest BCUT2D eigenvalue weighted by Crippen LogP contribution is 2.20. The van der Waals surface area contributed by atoms with Gasteiger partial charge in [-0.1, -0.05) is 50.6 Å². The van der Waals surface area contributed by atoms with Gasteiger partial charge in [0.2, 0.25) is 35.4 Å². The molecular weight excluding hydrogens is 654 g/mol. The maximum Gasteiger partial charge on any atom is 0.326 e. The second-order valence-electron chi connectivity index (χ2n) is 12.3. The van der Waals surface area contributed by atoms with E-state index in [-0.39, 0.29) is 31.1 Å². The number of nitrogens with zero attached hydrogens (tertiary/aromatic N) is 1. The van der Waals surface area contributed by atoms with E-state index in [1.165, 1.54) is 11.8 Å². The van der Waals surface area contributed by atoms with Crippen LogP contribution >= 0.6 is 11.8 Å². The third-order valence-corrected chi connectivity index (χ3v) is 9.19. The Labute approximate surface area is 291 Å². The predicted molar refractivity (Wildman–Crippen MR) is 185 cm³/mol. The van der Waals surface area contributed by atoms with Crippen LogP contribution in [0.2, 0.25) is 0 Å². The third-order valence-electron chi connectivity index (χ3n) is 8.54. The van der Waals surface area contributed by atoms with Gasteiger partial charge in [-0.3, -0.25) is 28.8 Å². The molecule has 1 heterocycles. The molecule has 1 aromatic rings. The number of primary amides is 1. The highest BCUT2D eigenvalue weighted by molar-refractivity contribution is 7.98. The van der Waals surface area contributed by atoms with Gasteiger partial charge in [0, 0.05) is 19.4 Å². The number of rotatable bonds is 20. The number of hydrogen-bond acceptors (Lipinski definition) is 9. The predicted octanol–water partition coefficient (Wildman–Crippen LogP) is -0.344. The lowest BCUT2D eigenvalue weighted by atomic mass is 9.97. The summed E-state index contributed by atoms with van der Waals surface area (Å²) in [6.07, 6.45) is 3.40. The van der Waals surface area contributed by atoms with Gasteiger partial charge in [-0.15, -0.1) is 0 Å². The molecular formula is C33H51N7O8S. The molecule has 0 saturated carbocycles. The lowest BCUT2D eigenvalue weighted by Crippen LogP contribution is -2.60. The number of hydrogen-bond donors (Lipinski definition) is 7. The van der Waals surface area contributed by atoms with E-state index in [2.05, 4.69) is 21.3 Å². The van der Waals surface area contributed by atoms with Crippen LogP contribution in [0.25, 0.3) is 0 Å². The summed E-state index contributed by atoms with van der Waals surface area (Å²) >= 11 is 1.56. The lowest BCUT2D eigenvalue weighted by Gasteiger charge is -2.30. The second kappa shape index (κ2) is 20.4. The number of carbonyl (C=O) groups excluding carboxylic acids is 6. The summed E-state index contributed by atoms with van der Waals surface area (Å²) in [5, 5.41) is 19.9. The minimum Gasteiger partial charge on any atom is -0.480 e. The van der Waals surface area contributed by atoms with Gasteiger partial charge in [0.1, 0.15) is 30.2 Å². The summed E-state index contributed by atoms with van der Waals surface area (Å²) in [5.41, 5.74) is 12.1. The fourth-order valence-electron chi connectivity index (χ4n) is 5.38. The standard InChI is InChI=1S/C33H51N7O8S/c1-5-19(2)27(39-30(44)25-12-9-16-40(25)32(46)22(34)15-17-49-4)31(45)37-23(13-14-26(35)41)29(43)36-20(3)28(42)38-24(33(47)48)18-21-10-7-6-8-11-21/h6-8,10-11,19-20,22-25,27H,5,9,12-18,34H2,1-4H3,(H2,35,41)(H,36,43)(H,37,45)(H,38,42)(H,39,44)(H,47,48)/t19-,20-,22-,23-,24-,25-,27-/m0/s1. The highest BCUT2D eigenvalue weighted by atomic mass is 32.2. The molecule has 0 radical (unpaired) electrons. The maximum absolute atomic E-state index is 13.6. The Morgan fingerprint density at radius 1 is 0.939 bits per heavy atom. The van der Waals surface area contributed by atoms with Crippen molar-refractivity contribution in [3.63, 3.8) is 0 Å². The number of benzene rings is 1. The topological polar surface area (TPSA) is 243 Å². The average Bonchev–Trinajstić information content (AvgIpc) is 3.57. The van der Waals surface area contributed by atoms with Crippen LogP contribution in [0.3, 0.4) is 0 Å². The number of thioether (sulfide) groups is 1. The molecule has 1 aromatic carbocycles. The van der Waals surface area contributed by atoms with Crippen molar-refractivity contribution in [2.75, 3.05) is 18.6 Å². The van der Waals surface area contributed by atoms with Gasteiger partial charge in [0.05, 0.1) is 6.04 Å². The molecule has 1 saturated heterocycles. The van der Waals surface area contributed by atoms with E-state index < -0.39 is 71.8 Å². The van der Waals surface area contributed by atoms with Gasteiger partial charge in [0.25, 0.3) is 0 Å². The van der Waals surface area contributed by atoms with E-state index in [4.69, 9.17) is 11.5 Å². The number of carboxylic acids is 1. The van der Waals surface area contributed by atoms with Crippen molar-refractivity contribution < 1.29 is 38.7 Å². The molecule has 272 valence electrons. The number of carboxylic acid groups (broad SMARTS) is 1. The number of nitrogens with two attached hydrogens (primary N) is 2. The molecule has 15 nitrogen and oxygen atoms in total. The quantitative estimate of drug-likeness (QED) is 0.0930. The molecule has 1 aliphatic rings. The molecule has 0 aromatic heterocycles. The van der Waals surface area contributed by atoms with Crippen LogP contribution in [0.1, 0.15) is 64.9 Å². The molecule has 1 aliphatic heterocycles. The molecule has 0 spiro atoms. The van der Waals surface area contributed by atoms with Crippen molar-refractivity contribution >= 4 is 53.2 Å². The smallest absolute Gasteiger partial charge is 0.326 e. The summed E-state index contributed by atoms with van der Waals surface area (Å²) in [4.78, 5) is 91.3. The van der Waals surface area contributed by atoms with Crippen LogP contribution in [-0.2, 0) is 40.0 Å². The summed E-state index contributed by atoms with van der Waals surface area (Å²) in [6.45, 7) is 5.29. The lowest BCUT2D eigenvalue weighted by molar-refractivity contribution is -0.142. The SMILES string of the molecule is CC[C@H](C)[C@H](NC(=O)[C@@H]1CCCN1C(=O)[C@@H](N)CCSC)C(=O)N[C@@H](CCC(N)=O)C(=O)N[C@@H](C)C(=O)N[C@@H](Cc1ccccc1)C(=O)O. The molecule has 0 aliphatic carbocycles. The Morgan fingerprint density at radius 3 is 2.18 bits per heavy atom. The van der Waals surface area contributed by atoms with Crippen molar-refractivity contribution in [1.82, 2.24) is 26.2 Å². The Bertz CT molecular complexity index is 1320. The maximum atomic E-state index is 13.6.